The maximum absolute atomic E-state index is 11.0. The van der Waals surface area contributed by atoms with Crippen LogP contribution >= 0.6 is 11.6 Å². The Morgan fingerprint density at radius 3 is 2.81 bits per heavy atom. The predicted octanol–water partition coefficient (Wildman–Crippen LogP) is 2.11. The number of aromatic nitrogens is 5. The molecule has 0 unspecified atom stereocenters. The van der Waals surface area contributed by atoms with Gasteiger partial charge in [-0.25, -0.2) is 15.0 Å². The highest BCUT2D eigenvalue weighted by Gasteiger charge is 2.70. The lowest BCUT2D eigenvalue weighted by atomic mass is 9.92. The molecule has 0 spiro atoms. The van der Waals surface area contributed by atoms with Crippen molar-refractivity contribution in [3.63, 3.8) is 0 Å². The Labute approximate surface area is 188 Å². The van der Waals surface area contributed by atoms with Gasteiger partial charge >= 0.3 is 0 Å². The first-order valence-corrected chi connectivity index (χ1v) is 10.9. The van der Waals surface area contributed by atoms with Gasteiger partial charge in [0.1, 0.15) is 29.7 Å². The van der Waals surface area contributed by atoms with Gasteiger partial charge in [-0.2, -0.15) is 0 Å². The van der Waals surface area contributed by atoms with Gasteiger partial charge in [0.05, 0.1) is 33.6 Å². The van der Waals surface area contributed by atoms with E-state index in [1.54, 1.807) is 12.3 Å². The van der Waals surface area contributed by atoms with Crippen LogP contribution in [0, 0.1) is 11.3 Å². The number of halogens is 1. The number of nitrogens with zero attached hydrogens (tertiary/aromatic N) is 5. The van der Waals surface area contributed by atoms with Crippen molar-refractivity contribution < 1.29 is 10.2 Å². The number of nitrogens with two attached hydrogens (primary N) is 2. The van der Waals surface area contributed by atoms with Gasteiger partial charge in [0, 0.05) is 17.8 Å². The summed E-state index contributed by atoms with van der Waals surface area (Å²) < 4.78 is 1.94. The number of aliphatic hydroxyl groups excluding tert-OH is 2. The van der Waals surface area contributed by atoms with Crippen molar-refractivity contribution in [1.29, 1.82) is 0 Å². The molecular formula is C22H22ClN7O2. The Bertz CT molecular complexity index is 1380. The van der Waals surface area contributed by atoms with E-state index in [0.717, 1.165) is 23.8 Å². The molecule has 0 saturated heterocycles. The normalized spacial score (nSPS) is 29.0. The zero-order valence-electron chi connectivity index (χ0n) is 17.1. The highest BCUT2D eigenvalue weighted by Crippen LogP contribution is 2.69. The summed E-state index contributed by atoms with van der Waals surface area (Å²) in [6, 6.07) is 5.27. The van der Waals surface area contributed by atoms with Crippen LogP contribution in [0.5, 0.6) is 0 Å². The Morgan fingerprint density at radius 2 is 1.97 bits per heavy atom. The molecule has 6 rings (SSSR count). The van der Waals surface area contributed by atoms with Crippen LogP contribution in [0.4, 0.5) is 11.6 Å². The molecule has 6 N–H and O–H groups in total. The molecule has 0 bridgehead atoms. The maximum Gasteiger partial charge on any atom is 0.145 e. The van der Waals surface area contributed by atoms with E-state index < -0.39 is 12.2 Å². The Morgan fingerprint density at radius 1 is 1.12 bits per heavy atom. The minimum absolute atomic E-state index is 0.153. The zero-order valence-corrected chi connectivity index (χ0v) is 17.8. The topological polar surface area (TPSA) is 149 Å². The number of anilines is 2. The summed E-state index contributed by atoms with van der Waals surface area (Å²) >= 11 is 6.03. The molecular weight excluding hydrogens is 430 g/mol. The summed E-state index contributed by atoms with van der Waals surface area (Å²) in [5.74, 6) is 0.836. The van der Waals surface area contributed by atoms with E-state index >= 15 is 0 Å². The maximum atomic E-state index is 11.0. The van der Waals surface area contributed by atoms with E-state index in [4.69, 9.17) is 23.1 Å². The van der Waals surface area contributed by atoms with Gasteiger partial charge in [-0.15, -0.1) is 0 Å². The van der Waals surface area contributed by atoms with Crippen LogP contribution < -0.4 is 11.5 Å². The van der Waals surface area contributed by atoms with E-state index in [0.29, 0.717) is 33.9 Å². The van der Waals surface area contributed by atoms with Crippen molar-refractivity contribution in [3.8, 4) is 0 Å². The number of hydrogen-bond donors (Lipinski definition) is 4. The van der Waals surface area contributed by atoms with E-state index in [9.17, 15) is 10.2 Å². The summed E-state index contributed by atoms with van der Waals surface area (Å²) in [5, 5.41) is 23.1. The first-order valence-electron chi connectivity index (χ1n) is 10.5. The smallest absolute Gasteiger partial charge is 0.145 e. The monoisotopic (exact) mass is 451 g/mol. The zero-order chi connectivity index (χ0) is 22.2. The molecule has 5 atom stereocenters. The molecule has 0 radical (unpaired) electrons. The fourth-order valence-corrected chi connectivity index (χ4v) is 5.68. The number of fused-ring (bicyclic) bond motifs is 3. The van der Waals surface area contributed by atoms with Gasteiger partial charge in [0.2, 0.25) is 0 Å². The van der Waals surface area contributed by atoms with Crippen molar-refractivity contribution >= 4 is 45.3 Å². The van der Waals surface area contributed by atoms with E-state index in [1.165, 1.54) is 6.33 Å². The number of rotatable bonds is 4. The lowest BCUT2D eigenvalue weighted by Crippen LogP contribution is -2.34. The van der Waals surface area contributed by atoms with Crippen molar-refractivity contribution in [3.05, 3.63) is 47.5 Å². The van der Waals surface area contributed by atoms with E-state index in [2.05, 4.69) is 19.9 Å². The quantitative estimate of drug-likeness (QED) is 0.368. The SMILES string of the molecule is Nc1nc2cc(CC[C@@]34C[C@@H]3[C@@H](n3ccc5c(N)ncnc53)[C@H](O)[C@@H]4O)cnc2cc1Cl. The molecule has 0 aliphatic heterocycles. The summed E-state index contributed by atoms with van der Waals surface area (Å²) in [4.78, 5) is 17.2. The molecule has 2 saturated carbocycles. The van der Waals surface area contributed by atoms with Gasteiger partial charge in [-0.3, -0.25) is 4.98 Å². The molecule has 2 fully saturated rings. The first kappa shape index (κ1) is 19.7. The average Bonchev–Trinajstić information content (AvgIpc) is 3.27. The van der Waals surface area contributed by atoms with Crippen molar-refractivity contribution in [2.45, 2.75) is 37.5 Å². The predicted molar refractivity (Wildman–Crippen MR) is 121 cm³/mol. The molecule has 164 valence electrons. The highest BCUT2D eigenvalue weighted by atomic mass is 35.5. The van der Waals surface area contributed by atoms with Crippen LogP contribution in [0.15, 0.2) is 36.9 Å². The molecule has 2 aliphatic rings. The number of hydrogen-bond acceptors (Lipinski definition) is 8. The van der Waals surface area contributed by atoms with Gasteiger partial charge in [0.15, 0.2) is 0 Å². The minimum atomic E-state index is -0.876. The van der Waals surface area contributed by atoms with Gasteiger partial charge in [-0.05, 0) is 48.9 Å². The standard InChI is InChI=1S/C22H22ClN7O2/c23-13-6-14-15(29-20(13)25)5-10(8-26-14)1-3-22-7-12(22)16(17(31)18(22)32)30-4-2-11-19(24)27-9-28-21(11)30/h2,4-6,8-9,12,16-18,31-32H,1,3,7H2,(H2,25,29)(H2,24,27,28)/t12-,16-,17+,18+,22-/m1/s1. The number of pyridine rings is 2. The second-order valence-electron chi connectivity index (χ2n) is 8.93. The van der Waals surface area contributed by atoms with Gasteiger partial charge in [0.25, 0.3) is 0 Å². The Kier molecular flexibility index (Phi) is 4.14. The molecule has 32 heavy (non-hydrogen) atoms. The second kappa shape index (κ2) is 6.74. The fourth-order valence-electron chi connectivity index (χ4n) is 5.54. The van der Waals surface area contributed by atoms with Crippen LogP contribution in [0.3, 0.4) is 0 Å². The van der Waals surface area contributed by atoms with Crippen molar-refractivity contribution in [2.24, 2.45) is 11.3 Å². The van der Waals surface area contributed by atoms with E-state index in [-0.39, 0.29) is 23.2 Å². The molecule has 9 nitrogen and oxygen atoms in total. The Hall–Kier alpha value is -3.01. The third kappa shape index (κ3) is 2.71. The van der Waals surface area contributed by atoms with Gasteiger partial charge in [-0.1, -0.05) is 11.6 Å². The summed E-state index contributed by atoms with van der Waals surface area (Å²) in [6.07, 6.45) is 5.71. The third-order valence-electron chi connectivity index (χ3n) is 7.30. The number of aryl methyl sites for hydroxylation is 1. The largest absolute Gasteiger partial charge is 0.390 e. The number of aliphatic hydroxyl groups is 2. The molecule has 0 aromatic carbocycles. The molecule has 4 heterocycles. The average molecular weight is 452 g/mol. The second-order valence-corrected chi connectivity index (χ2v) is 9.33. The summed E-state index contributed by atoms with van der Waals surface area (Å²) in [6.45, 7) is 0. The highest BCUT2D eigenvalue weighted by molar-refractivity contribution is 6.33. The Balaban J connectivity index is 1.26. The van der Waals surface area contributed by atoms with Crippen LogP contribution in [-0.2, 0) is 6.42 Å². The van der Waals surface area contributed by atoms with Crippen LogP contribution in [0.2, 0.25) is 5.02 Å². The summed E-state index contributed by atoms with van der Waals surface area (Å²) in [5.41, 5.74) is 14.5. The first-order chi connectivity index (χ1) is 15.4. The summed E-state index contributed by atoms with van der Waals surface area (Å²) in [7, 11) is 0. The minimum Gasteiger partial charge on any atom is -0.390 e. The van der Waals surface area contributed by atoms with Gasteiger partial charge < -0.3 is 26.2 Å². The van der Waals surface area contributed by atoms with Crippen LogP contribution in [0.1, 0.15) is 24.4 Å². The molecule has 2 aliphatic carbocycles. The lowest BCUT2D eigenvalue weighted by molar-refractivity contribution is -0.0191. The molecule has 4 aromatic heterocycles. The lowest BCUT2D eigenvalue weighted by Gasteiger charge is -2.24. The van der Waals surface area contributed by atoms with Crippen molar-refractivity contribution in [1.82, 2.24) is 24.5 Å². The molecule has 10 heteroatoms. The van der Waals surface area contributed by atoms with E-state index in [1.807, 2.05) is 22.9 Å². The fraction of sp³-hybridized carbons (Fsp3) is 0.364. The third-order valence-corrected chi connectivity index (χ3v) is 7.60. The molecule has 4 aromatic rings. The van der Waals surface area contributed by atoms with Crippen LogP contribution in [0.25, 0.3) is 22.1 Å². The van der Waals surface area contributed by atoms with Crippen LogP contribution in [-0.4, -0.2) is 46.9 Å². The number of nitrogen functional groups attached to an aromatic ring is 2. The molecule has 0 amide bonds. The van der Waals surface area contributed by atoms with Crippen molar-refractivity contribution in [2.75, 3.05) is 11.5 Å².